The number of fused-ring (bicyclic) bond motifs is 1. The summed E-state index contributed by atoms with van der Waals surface area (Å²) < 4.78 is 0. The quantitative estimate of drug-likeness (QED) is 0.738. The zero-order valence-electron chi connectivity index (χ0n) is 14.5. The predicted octanol–water partition coefficient (Wildman–Crippen LogP) is 2.60. The van der Waals surface area contributed by atoms with Crippen molar-refractivity contribution >= 4 is 28.6 Å². The molecule has 0 spiro atoms. The maximum absolute atomic E-state index is 12.7. The van der Waals surface area contributed by atoms with Gasteiger partial charge >= 0.3 is 5.97 Å². The first-order chi connectivity index (χ1) is 11.8. The van der Waals surface area contributed by atoms with E-state index in [1.165, 1.54) is 6.33 Å². The topological polar surface area (TPSA) is 104 Å². The van der Waals surface area contributed by atoms with Crippen LogP contribution in [0.5, 0.6) is 0 Å². The number of carbonyl (C=O) groups excluding carboxylic acids is 1. The molecule has 1 aromatic heterocycles. The van der Waals surface area contributed by atoms with Crippen molar-refractivity contribution in [3.8, 4) is 0 Å². The number of rotatable bonds is 4. The molecule has 2 atom stereocenters. The molecule has 0 saturated heterocycles. The van der Waals surface area contributed by atoms with E-state index in [2.05, 4.69) is 20.8 Å². The summed E-state index contributed by atoms with van der Waals surface area (Å²) in [7, 11) is 0. The van der Waals surface area contributed by atoms with Crippen molar-refractivity contribution in [3.63, 3.8) is 0 Å². The second-order valence-electron chi connectivity index (χ2n) is 7.30. The highest BCUT2D eigenvalue weighted by atomic mass is 16.4. The van der Waals surface area contributed by atoms with Gasteiger partial charge in [0.1, 0.15) is 6.33 Å². The first-order valence-electron chi connectivity index (χ1n) is 8.26. The third kappa shape index (κ3) is 2.69. The second-order valence-corrected chi connectivity index (χ2v) is 7.30. The number of para-hydroxylation sites is 1. The normalized spacial score (nSPS) is 24.8. The standard InChI is InChI=1S/C18H22N4O3/c1-17(2)12(8-9-18(17,3)16(24)25)15(23)22-21-14-11-6-4-5-7-13(11)19-10-20-14/h4-7,10,12H,8-9H2,1-3H3,(H,22,23)(H,24,25)(H,19,20,21)/t12-,18+/m1/s1. The highest BCUT2D eigenvalue weighted by Crippen LogP contribution is 2.56. The predicted molar refractivity (Wildman–Crippen MR) is 93.6 cm³/mol. The van der Waals surface area contributed by atoms with Crippen LogP contribution in [-0.2, 0) is 9.59 Å². The molecule has 1 aliphatic carbocycles. The Kier molecular flexibility index (Phi) is 4.10. The summed E-state index contributed by atoms with van der Waals surface area (Å²) >= 11 is 0. The molecule has 1 aliphatic rings. The van der Waals surface area contributed by atoms with Crippen LogP contribution in [0.3, 0.4) is 0 Å². The number of aromatic nitrogens is 2. The fourth-order valence-electron chi connectivity index (χ4n) is 3.65. The number of hydrogen-bond acceptors (Lipinski definition) is 5. The summed E-state index contributed by atoms with van der Waals surface area (Å²) in [6.07, 6.45) is 2.44. The van der Waals surface area contributed by atoms with Gasteiger partial charge in [0.15, 0.2) is 5.82 Å². The maximum atomic E-state index is 12.7. The van der Waals surface area contributed by atoms with Gasteiger partial charge in [-0.3, -0.25) is 20.4 Å². The van der Waals surface area contributed by atoms with E-state index in [0.29, 0.717) is 18.7 Å². The third-order valence-corrected chi connectivity index (χ3v) is 5.86. The van der Waals surface area contributed by atoms with Crippen LogP contribution >= 0.6 is 0 Å². The van der Waals surface area contributed by atoms with Crippen LogP contribution in [0.2, 0.25) is 0 Å². The number of anilines is 1. The first kappa shape index (κ1) is 17.1. The van der Waals surface area contributed by atoms with Crippen LogP contribution in [0.25, 0.3) is 10.9 Å². The number of amides is 1. The highest BCUT2D eigenvalue weighted by molar-refractivity contribution is 5.90. The number of carboxylic acid groups (broad SMARTS) is 1. The number of carboxylic acids is 1. The Balaban J connectivity index is 1.76. The lowest BCUT2D eigenvalue weighted by molar-refractivity contribution is -0.155. The van der Waals surface area contributed by atoms with Gasteiger partial charge in [-0.25, -0.2) is 9.97 Å². The fraction of sp³-hybridized carbons (Fsp3) is 0.444. The third-order valence-electron chi connectivity index (χ3n) is 5.86. The van der Waals surface area contributed by atoms with Gasteiger partial charge in [-0.2, -0.15) is 0 Å². The van der Waals surface area contributed by atoms with Crippen molar-refractivity contribution in [1.82, 2.24) is 15.4 Å². The van der Waals surface area contributed by atoms with Crippen molar-refractivity contribution < 1.29 is 14.7 Å². The Bertz CT molecular complexity index is 831. The highest BCUT2D eigenvalue weighted by Gasteiger charge is 2.58. The van der Waals surface area contributed by atoms with Gasteiger partial charge < -0.3 is 5.11 Å². The average Bonchev–Trinajstić information content (AvgIpc) is 2.83. The molecular weight excluding hydrogens is 320 g/mol. The molecule has 3 rings (SSSR count). The molecule has 1 saturated carbocycles. The second kappa shape index (κ2) is 5.98. The molecule has 7 heteroatoms. The van der Waals surface area contributed by atoms with Crippen LogP contribution in [0.4, 0.5) is 5.82 Å². The molecule has 1 heterocycles. The Morgan fingerprint density at radius 3 is 2.60 bits per heavy atom. The number of nitrogens with one attached hydrogen (secondary N) is 2. The summed E-state index contributed by atoms with van der Waals surface area (Å²) in [4.78, 5) is 32.7. The smallest absolute Gasteiger partial charge is 0.309 e. The Morgan fingerprint density at radius 2 is 1.92 bits per heavy atom. The molecule has 7 nitrogen and oxygen atoms in total. The minimum atomic E-state index is -0.920. The lowest BCUT2D eigenvalue weighted by Gasteiger charge is -2.37. The Morgan fingerprint density at radius 1 is 1.20 bits per heavy atom. The number of aliphatic carboxylic acids is 1. The minimum absolute atomic E-state index is 0.224. The van der Waals surface area contributed by atoms with Gasteiger partial charge in [-0.05, 0) is 37.3 Å². The van der Waals surface area contributed by atoms with Crippen LogP contribution in [0.15, 0.2) is 30.6 Å². The SMILES string of the molecule is CC1(C)[C@@H](C(=O)NNc2ncnc3ccccc23)CC[C@@]1(C)C(=O)O. The summed E-state index contributed by atoms with van der Waals surface area (Å²) in [5.41, 5.74) is 4.75. The van der Waals surface area contributed by atoms with Crippen LogP contribution in [-0.4, -0.2) is 27.0 Å². The van der Waals surface area contributed by atoms with Gasteiger partial charge in [-0.15, -0.1) is 0 Å². The molecule has 3 N–H and O–H groups in total. The zero-order valence-corrected chi connectivity index (χ0v) is 14.5. The molecule has 25 heavy (non-hydrogen) atoms. The lowest BCUT2D eigenvalue weighted by atomic mass is 9.65. The van der Waals surface area contributed by atoms with Crippen LogP contribution in [0, 0.1) is 16.7 Å². The molecule has 0 bridgehead atoms. The summed E-state index contributed by atoms with van der Waals surface area (Å²) in [6, 6.07) is 7.48. The van der Waals surface area contributed by atoms with Gasteiger partial charge in [0.05, 0.1) is 10.9 Å². The van der Waals surface area contributed by atoms with E-state index in [0.717, 1.165) is 10.9 Å². The van der Waals surface area contributed by atoms with Crippen LogP contribution < -0.4 is 10.9 Å². The van der Waals surface area contributed by atoms with Gasteiger partial charge in [0.25, 0.3) is 0 Å². The minimum Gasteiger partial charge on any atom is -0.481 e. The number of hydrogen-bond donors (Lipinski definition) is 3. The number of nitrogens with zero attached hydrogens (tertiary/aromatic N) is 2. The van der Waals surface area contributed by atoms with E-state index in [4.69, 9.17) is 0 Å². The molecule has 1 fully saturated rings. The molecular formula is C18H22N4O3. The van der Waals surface area contributed by atoms with Crippen molar-refractivity contribution in [2.75, 3.05) is 5.43 Å². The van der Waals surface area contributed by atoms with Gasteiger partial charge in [0.2, 0.25) is 5.91 Å². The van der Waals surface area contributed by atoms with Crippen molar-refractivity contribution in [1.29, 1.82) is 0 Å². The Labute approximate surface area is 145 Å². The molecule has 0 unspecified atom stereocenters. The summed E-state index contributed by atoms with van der Waals surface area (Å²) in [5.74, 6) is -0.967. The molecule has 0 radical (unpaired) electrons. The van der Waals surface area contributed by atoms with E-state index in [-0.39, 0.29) is 5.91 Å². The number of hydrazine groups is 1. The molecule has 0 aliphatic heterocycles. The van der Waals surface area contributed by atoms with E-state index in [1.807, 2.05) is 38.1 Å². The summed E-state index contributed by atoms with van der Waals surface area (Å²) in [6.45, 7) is 5.41. The summed E-state index contributed by atoms with van der Waals surface area (Å²) in [5, 5.41) is 10.4. The van der Waals surface area contributed by atoms with E-state index in [1.54, 1.807) is 6.92 Å². The van der Waals surface area contributed by atoms with Crippen molar-refractivity contribution in [3.05, 3.63) is 30.6 Å². The van der Waals surface area contributed by atoms with E-state index < -0.39 is 22.7 Å². The van der Waals surface area contributed by atoms with Crippen LogP contribution in [0.1, 0.15) is 33.6 Å². The lowest BCUT2D eigenvalue weighted by Crippen LogP contribution is -2.46. The van der Waals surface area contributed by atoms with Gasteiger partial charge in [0, 0.05) is 11.3 Å². The van der Waals surface area contributed by atoms with E-state index in [9.17, 15) is 14.7 Å². The van der Waals surface area contributed by atoms with Gasteiger partial charge in [-0.1, -0.05) is 26.0 Å². The Hall–Kier alpha value is -2.70. The fourth-order valence-corrected chi connectivity index (χ4v) is 3.65. The molecule has 132 valence electrons. The zero-order chi connectivity index (χ0) is 18.2. The maximum Gasteiger partial charge on any atom is 0.309 e. The van der Waals surface area contributed by atoms with E-state index >= 15 is 0 Å². The molecule has 1 amide bonds. The largest absolute Gasteiger partial charge is 0.481 e. The number of benzene rings is 1. The van der Waals surface area contributed by atoms with Crippen molar-refractivity contribution in [2.24, 2.45) is 16.7 Å². The van der Waals surface area contributed by atoms with Crippen molar-refractivity contribution in [2.45, 2.75) is 33.6 Å². The molecule has 2 aromatic rings. The monoisotopic (exact) mass is 342 g/mol. The average molecular weight is 342 g/mol. The first-order valence-corrected chi connectivity index (χ1v) is 8.26. The molecule has 1 aromatic carbocycles. The number of carbonyl (C=O) groups is 2.